The van der Waals surface area contributed by atoms with E-state index in [0.717, 1.165) is 30.7 Å². The van der Waals surface area contributed by atoms with Gasteiger partial charge in [-0.25, -0.2) is 9.78 Å². The summed E-state index contributed by atoms with van der Waals surface area (Å²) < 4.78 is 6.98. The zero-order valence-corrected chi connectivity index (χ0v) is 13.2. The minimum Gasteiger partial charge on any atom is -0.497 e. The highest BCUT2D eigenvalue weighted by molar-refractivity contribution is 5.75. The van der Waals surface area contributed by atoms with Crippen molar-refractivity contribution < 1.29 is 9.53 Å². The number of hydrogen-bond acceptors (Lipinski definition) is 4. The molecule has 3 rings (SSSR count). The van der Waals surface area contributed by atoms with E-state index in [9.17, 15) is 4.79 Å². The maximum absolute atomic E-state index is 12.5. The minimum absolute atomic E-state index is 0.0320. The predicted octanol–water partition coefficient (Wildman–Crippen LogP) is 1.83. The summed E-state index contributed by atoms with van der Waals surface area (Å²) in [5, 5.41) is 6.98. The monoisotopic (exact) mass is 315 g/mol. The second-order valence-corrected chi connectivity index (χ2v) is 5.52. The summed E-state index contributed by atoms with van der Waals surface area (Å²) >= 11 is 0. The van der Waals surface area contributed by atoms with Gasteiger partial charge in [0.1, 0.15) is 18.4 Å². The number of ether oxygens (including phenoxy) is 1. The Labute approximate surface area is 135 Å². The first-order valence-corrected chi connectivity index (χ1v) is 7.79. The van der Waals surface area contributed by atoms with E-state index in [1.807, 2.05) is 29.2 Å². The molecule has 7 nitrogen and oxygen atoms in total. The predicted molar refractivity (Wildman–Crippen MR) is 85.1 cm³/mol. The van der Waals surface area contributed by atoms with Crippen LogP contribution >= 0.6 is 0 Å². The lowest BCUT2D eigenvalue weighted by Gasteiger charge is -2.25. The van der Waals surface area contributed by atoms with Crippen molar-refractivity contribution in [2.45, 2.75) is 25.4 Å². The second-order valence-electron chi connectivity index (χ2n) is 5.52. The number of carbonyl (C=O) groups is 1. The van der Waals surface area contributed by atoms with Gasteiger partial charge < -0.3 is 15.0 Å². The number of amides is 2. The quantitative estimate of drug-likeness (QED) is 0.914. The van der Waals surface area contributed by atoms with Crippen LogP contribution < -0.4 is 10.1 Å². The number of likely N-dealkylation sites (tertiary alicyclic amines) is 1. The molecule has 1 fully saturated rings. The summed E-state index contributed by atoms with van der Waals surface area (Å²) in [5.74, 6) is 0.820. The normalized spacial score (nSPS) is 17.3. The molecule has 1 aromatic carbocycles. The van der Waals surface area contributed by atoms with E-state index in [1.54, 1.807) is 18.1 Å². The van der Waals surface area contributed by atoms with Crippen LogP contribution in [0.25, 0.3) is 0 Å². The highest BCUT2D eigenvalue weighted by atomic mass is 16.5. The molecule has 0 aliphatic carbocycles. The fraction of sp³-hybridized carbons (Fsp3) is 0.438. The topological polar surface area (TPSA) is 72.3 Å². The highest BCUT2D eigenvalue weighted by Crippen LogP contribution is 2.33. The molecular formula is C16H21N5O2. The van der Waals surface area contributed by atoms with Gasteiger partial charge in [0.25, 0.3) is 0 Å². The van der Waals surface area contributed by atoms with Crippen LogP contribution in [0.3, 0.4) is 0 Å². The van der Waals surface area contributed by atoms with Gasteiger partial charge in [-0.2, -0.15) is 5.10 Å². The van der Waals surface area contributed by atoms with Crippen LogP contribution in [0.4, 0.5) is 4.79 Å². The van der Waals surface area contributed by atoms with Crippen LogP contribution in [-0.2, 0) is 6.54 Å². The zero-order valence-electron chi connectivity index (χ0n) is 13.2. The summed E-state index contributed by atoms with van der Waals surface area (Å²) in [5.41, 5.74) is 1.12. The first-order valence-electron chi connectivity index (χ1n) is 7.79. The molecule has 0 radical (unpaired) electrons. The van der Waals surface area contributed by atoms with Crippen LogP contribution in [0.2, 0.25) is 0 Å². The molecule has 1 atom stereocenters. The van der Waals surface area contributed by atoms with Gasteiger partial charge in [0.2, 0.25) is 0 Å². The molecule has 0 saturated carbocycles. The number of benzene rings is 1. The number of rotatable bonds is 5. The molecule has 23 heavy (non-hydrogen) atoms. The van der Waals surface area contributed by atoms with E-state index in [-0.39, 0.29) is 12.1 Å². The zero-order chi connectivity index (χ0) is 16.1. The van der Waals surface area contributed by atoms with E-state index < -0.39 is 0 Å². The summed E-state index contributed by atoms with van der Waals surface area (Å²) in [6.45, 7) is 1.92. The first-order chi connectivity index (χ1) is 11.3. The molecule has 0 spiro atoms. The van der Waals surface area contributed by atoms with Gasteiger partial charge in [-0.1, -0.05) is 12.1 Å². The third-order valence-corrected chi connectivity index (χ3v) is 4.08. The highest BCUT2D eigenvalue weighted by Gasteiger charge is 2.29. The van der Waals surface area contributed by atoms with Crippen molar-refractivity contribution in [3.8, 4) is 5.75 Å². The summed E-state index contributed by atoms with van der Waals surface area (Å²) in [6, 6.07) is 8.01. The SMILES string of the molecule is COc1cccc([C@@H]2CCCN2C(=O)NCCn2cncn2)c1. The largest absolute Gasteiger partial charge is 0.497 e. The Balaban J connectivity index is 1.60. The number of nitrogens with one attached hydrogen (secondary N) is 1. The Bertz CT molecular complexity index is 644. The van der Waals surface area contributed by atoms with E-state index in [4.69, 9.17) is 4.74 Å². The molecule has 0 bridgehead atoms. The van der Waals surface area contributed by atoms with Crippen LogP contribution in [0.5, 0.6) is 5.75 Å². The fourth-order valence-corrected chi connectivity index (χ4v) is 2.93. The molecule has 1 saturated heterocycles. The van der Waals surface area contributed by atoms with E-state index >= 15 is 0 Å². The standard InChI is InChI=1S/C16H21N5O2/c1-23-14-5-2-4-13(10-14)15-6-3-8-21(15)16(22)18-7-9-20-12-17-11-19-20/h2,4-5,10-12,15H,3,6-9H2,1H3,(H,18,22)/t15-/m0/s1. The van der Waals surface area contributed by atoms with Gasteiger partial charge in [-0.05, 0) is 30.5 Å². The van der Waals surface area contributed by atoms with Gasteiger partial charge in [-0.3, -0.25) is 4.68 Å². The molecule has 2 heterocycles. The van der Waals surface area contributed by atoms with Gasteiger partial charge in [-0.15, -0.1) is 0 Å². The maximum Gasteiger partial charge on any atom is 0.317 e. The third kappa shape index (κ3) is 3.61. The van der Waals surface area contributed by atoms with E-state index in [1.165, 1.54) is 6.33 Å². The van der Waals surface area contributed by atoms with Gasteiger partial charge in [0.15, 0.2) is 0 Å². The average Bonchev–Trinajstić information content (AvgIpc) is 3.26. The minimum atomic E-state index is -0.0320. The number of methoxy groups -OCH3 is 1. The molecule has 1 aromatic heterocycles. The Morgan fingerprint density at radius 2 is 2.39 bits per heavy atom. The van der Waals surface area contributed by atoms with Crippen molar-refractivity contribution in [3.63, 3.8) is 0 Å². The summed E-state index contributed by atoms with van der Waals surface area (Å²) in [7, 11) is 1.66. The Morgan fingerprint density at radius 1 is 1.48 bits per heavy atom. The lowest BCUT2D eigenvalue weighted by molar-refractivity contribution is 0.192. The first kappa shape index (κ1) is 15.3. The van der Waals surface area contributed by atoms with Gasteiger partial charge in [0, 0.05) is 13.1 Å². The van der Waals surface area contributed by atoms with Crippen LogP contribution in [0.15, 0.2) is 36.9 Å². The number of urea groups is 1. The maximum atomic E-state index is 12.5. The van der Waals surface area contributed by atoms with Crippen LogP contribution in [0.1, 0.15) is 24.4 Å². The van der Waals surface area contributed by atoms with Crippen molar-refractivity contribution in [1.82, 2.24) is 25.0 Å². The number of nitrogens with zero attached hydrogens (tertiary/aromatic N) is 4. The van der Waals surface area contributed by atoms with Crippen molar-refractivity contribution in [2.24, 2.45) is 0 Å². The number of aromatic nitrogens is 3. The van der Waals surface area contributed by atoms with Gasteiger partial charge in [0.05, 0.1) is 19.7 Å². The molecule has 1 aliphatic rings. The molecule has 2 amide bonds. The average molecular weight is 315 g/mol. The lowest BCUT2D eigenvalue weighted by Crippen LogP contribution is -2.40. The van der Waals surface area contributed by atoms with E-state index in [2.05, 4.69) is 15.4 Å². The van der Waals surface area contributed by atoms with Crippen molar-refractivity contribution in [3.05, 3.63) is 42.5 Å². The molecule has 2 aromatic rings. The summed E-state index contributed by atoms with van der Waals surface area (Å²) in [6.07, 6.45) is 5.12. The number of carbonyl (C=O) groups excluding carboxylic acids is 1. The van der Waals surface area contributed by atoms with Crippen LogP contribution in [-0.4, -0.2) is 45.9 Å². The molecule has 1 aliphatic heterocycles. The Morgan fingerprint density at radius 3 is 3.17 bits per heavy atom. The van der Waals surface area contributed by atoms with Gasteiger partial charge >= 0.3 is 6.03 Å². The van der Waals surface area contributed by atoms with E-state index in [0.29, 0.717) is 13.1 Å². The Kier molecular flexibility index (Phi) is 4.75. The lowest BCUT2D eigenvalue weighted by atomic mass is 10.0. The van der Waals surface area contributed by atoms with Crippen molar-refractivity contribution in [2.75, 3.05) is 20.2 Å². The van der Waals surface area contributed by atoms with Crippen molar-refractivity contribution >= 4 is 6.03 Å². The second kappa shape index (κ2) is 7.13. The molecule has 122 valence electrons. The Hall–Kier alpha value is -2.57. The fourth-order valence-electron chi connectivity index (χ4n) is 2.93. The molecule has 7 heteroatoms. The number of hydrogen-bond donors (Lipinski definition) is 1. The van der Waals surface area contributed by atoms with Crippen LogP contribution in [0, 0.1) is 0 Å². The molecule has 0 unspecified atom stereocenters. The smallest absolute Gasteiger partial charge is 0.317 e. The van der Waals surface area contributed by atoms with Crippen molar-refractivity contribution in [1.29, 1.82) is 0 Å². The molecular weight excluding hydrogens is 294 g/mol. The molecule has 1 N–H and O–H groups in total. The third-order valence-electron chi connectivity index (χ3n) is 4.08. The summed E-state index contributed by atoms with van der Waals surface area (Å²) in [4.78, 5) is 18.2.